The predicted molar refractivity (Wildman–Crippen MR) is 83.9 cm³/mol. The van der Waals surface area contributed by atoms with E-state index in [2.05, 4.69) is 27.4 Å². The van der Waals surface area contributed by atoms with Crippen molar-refractivity contribution in [3.63, 3.8) is 0 Å². The monoisotopic (exact) mass is 294 g/mol. The quantitative estimate of drug-likeness (QED) is 0.792. The van der Waals surface area contributed by atoms with E-state index in [-0.39, 0.29) is 12.1 Å². The van der Waals surface area contributed by atoms with E-state index in [4.69, 9.17) is 0 Å². The summed E-state index contributed by atoms with van der Waals surface area (Å²) in [5.74, 6) is 6.19. The van der Waals surface area contributed by atoms with E-state index in [0.29, 0.717) is 13.1 Å². The van der Waals surface area contributed by atoms with Crippen molar-refractivity contribution in [3.05, 3.63) is 52.8 Å². The number of amides is 2. The molecule has 2 N–H and O–H groups in total. The third-order valence-corrected chi connectivity index (χ3v) is 3.45. The first-order valence-electron chi connectivity index (χ1n) is 7.32. The largest absolute Gasteiger partial charge is 0.336 e. The molecule has 0 bridgehead atoms. The van der Waals surface area contributed by atoms with E-state index in [1.165, 1.54) is 0 Å². The van der Waals surface area contributed by atoms with Crippen LogP contribution in [0.3, 0.4) is 0 Å². The first-order chi connectivity index (χ1) is 10.6. The number of hydrogen-bond donors (Lipinski definition) is 2. The molecule has 112 valence electrons. The number of nitrogens with one attached hydrogen (secondary N) is 2. The summed E-state index contributed by atoms with van der Waals surface area (Å²) in [7, 11) is 0. The first-order valence-corrected chi connectivity index (χ1v) is 7.32. The molecule has 5 heteroatoms. The summed E-state index contributed by atoms with van der Waals surface area (Å²) in [6.45, 7) is 4.99. The fourth-order valence-electron chi connectivity index (χ4n) is 2.38. The lowest BCUT2D eigenvalue weighted by Gasteiger charge is -2.18. The van der Waals surface area contributed by atoms with E-state index >= 15 is 0 Å². The smallest absolute Gasteiger partial charge is 0.318 e. The predicted octanol–water partition coefficient (Wildman–Crippen LogP) is 2.24. The molecule has 0 atom stereocenters. The van der Waals surface area contributed by atoms with Crippen molar-refractivity contribution in [1.29, 1.82) is 0 Å². The van der Waals surface area contributed by atoms with Crippen LogP contribution in [0.1, 0.15) is 36.4 Å². The van der Waals surface area contributed by atoms with E-state index in [9.17, 15) is 4.79 Å². The van der Waals surface area contributed by atoms with E-state index in [1.54, 1.807) is 4.90 Å². The van der Waals surface area contributed by atoms with Gasteiger partial charge in [0, 0.05) is 17.2 Å². The molecule has 1 aromatic carbocycles. The van der Waals surface area contributed by atoms with Crippen molar-refractivity contribution < 1.29 is 4.79 Å². The van der Waals surface area contributed by atoms with Crippen LogP contribution in [0.2, 0.25) is 0 Å². The van der Waals surface area contributed by atoms with Gasteiger partial charge in [-0.15, -0.1) is 0 Å². The molecule has 3 rings (SSSR count). The van der Waals surface area contributed by atoms with Crippen LogP contribution < -0.4 is 5.32 Å². The van der Waals surface area contributed by atoms with Crippen LogP contribution in [0.4, 0.5) is 4.79 Å². The zero-order valence-electron chi connectivity index (χ0n) is 12.7. The van der Waals surface area contributed by atoms with Gasteiger partial charge in [0.05, 0.1) is 18.8 Å². The van der Waals surface area contributed by atoms with Crippen LogP contribution in [-0.2, 0) is 13.1 Å². The number of H-pyrrole nitrogens is 1. The Morgan fingerprint density at radius 1 is 1.27 bits per heavy atom. The molecule has 0 saturated heterocycles. The maximum absolute atomic E-state index is 12.1. The number of aromatic amines is 1. The highest BCUT2D eigenvalue weighted by Gasteiger charge is 2.27. The molecule has 0 saturated carbocycles. The second-order valence-electron chi connectivity index (χ2n) is 5.61. The van der Waals surface area contributed by atoms with Gasteiger partial charge in [0.1, 0.15) is 5.69 Å². The summed E-state index contributed by atoms with van der Waals surface area (Å²) in [6, 6.07) is 9.87. The SMILES string of the molecule is CC(C)NC(=O)N1Cc2[nH]nc(C#Cc3ccccc3)c2C1. The number of benzene rings is 1. The Balaban J connectivity index is 1.75. The number of aromatic nitrogens is 2. The van der Waals surface area contributed by atoms with Crippen LogP contribution in [0, 0.1) is 11.8 Å². The standard InChI is InChI=1S/C17H18N4O/c1-12(2)18-17(22)21-10-14-15(19-20-16(14)11-21)9-8-13-6-4-3-5-7-13/h3-7,12H,10-11H2,1-2H3,(H,18,22)(H,19,20). The minimum atomic E-state index is -0.0541. The Morgan fingerprint density at radius 3 is 2.77 bits per heavy atom. The van der Waals surface area contributed by atoms with E-state index < -0.39 is 0 Å². The minimum absolute atomic E-state index is 0.0541. The van der Waals surface area contributed by atoms with Gasteiger partial charge < -0.3 is 10.2 Å². The highest BCUT2D eigenvalue weighted by atomic mass is 16.2. The summed E-state index contributed by atoms with van der Waals surface area (Å²) in [5.41, 5.74) is 3.66. The van der Waals surface area contributed by atoms with Gasteiger partial charge in [-0.25, -0.2) is 4.79 Å². The molecule has 0 unspecified atom stereocenters. The average molecular weight is 294 g/mol. The fourth-order valence-corrected chi connectivity index (χ4v) is 2.38. The summed E-state index contributed by atoms with van der Waals surface area (Å²) in [6.07, 6.45) is 0. The third-order valence-electron chi connectivity index (χ3n) is 3.45. The molecular weight excluding hydrogens is 276 g/mol. The summed E-state index contributed by atoms with van der Waals surface area (Å²) in [5, 5.41) is 10.1. The van der Waals surface area contributed by atoms with Gasteiger partial charge in [-0.3, -0.25) is 5.10 Å². The Labute approximate surface area is 129 Å². The molecule has 5 nitrogen and oxygen atoms in total. The second kappa shape index (κ2) is 5.94. The Hall–Kier alpha value is -2.74. The van der Waals surface area contributed by atoms with Gasteiger partial charge in [-0.05, 0) is 31.9 Å². The van der Waals surface area contributed by atoms with Gasteiger partial charge in [0.15, 0.2) is 0 Å². The Morgan fingerprint density at radius 2 is 2.05 bits per heavy atom. The fraction of sp³-hybridized carbons (Fsp3) is 0.294. The third kappa shape index (κ3) is 2.96. The Kier molecular flexibility index (Phi) is 3.84. The maximum atomic E-state index is 12.1. The number of hydrogen-bond acceptors (Lipinski definition) is 2. The summed E-state index contributed by atoms with van der Waals surface area (Å²) < 4.78 is 0. The van der Waals surface area contributed by atoms with Crippen molar-refractivity contribution in [3.8, 4) is 11.8 Å². The lowest BCUT2D eigenvalue weighted by molar-refractivity contribution is 0.195. The molecule has 1 aliphatic rings. The lowest BCUT2D eigenvalue weighted by Crippen LogP contribution is -2.40. The van der Waals surface area contributed by atoms with Gasteiger partial charge in [-0.2, -0.15) is 5.10 Å². The maximum Gasteiger partial charge on any atom is 0.318 e. The highest BCUT2D eigenvalue weighted by Crippen LogP contribution is 2.23. The molecule has 2 amide bonds. The van der Waals surface area contributed by atoms with Crippen LogP contribution in [0.15, 0.2) is 30.3 Å². The molecule has 22 heavy (non-hydrogen) atoms. The molecular formula is C17H18N4O. The lowest BCUT2D eigenvalue weighted by atomic mass is 10.2. The minimum Gasteiger partial charge on any atom is -0.336 e. The molecule has 0 aliphatic carbocycles. The molecule has 2 aromatic rings. The molecule has 0 fully saturated rings. The summed E-state index contributed by atoms with van der Waals surface area (Å²) in [4.78, 5) is 13.8. The molecule has 1 aliphatic heterocycles. The topological polar surface area (TPSA) is 61.0 Å². The first kappa shape index (κ1) is 14.2. The van der Waals surface area contributed by atoms with Crippen LogP contribution >= 0.6 is 0 Å². The number of carbonyl (C=O) groups is 1. The van der Waals surface area contributed by atoms with Gasteiger partial charge >= 0.3 is 6.03 Å². The van der Waals surface area contributed by atoms with Crippen molar-refractivity contribution in [2.24, 2.45) is 0 Å². The Bertz CT molecular complexity index is 737. The average Bonchev–Trinajstić information content (AvgIpc) is 3.06. The highest BCUT2D eigenvalue weighted by molar-refractivity contribution is 5.75. The molecule has 0 spiro atoms. The van der Waals surface area contributed by atoms with Crippen LogP contribution in [-0.4, -0.2) is 27.2 Å². The number of fused-ring (bicyclic) bond motifs is 1. The zero-order valence-corrected chi connectivity index (χ0v) is 12.7. The molecule has 0 radical (unpaired) electrons. The number of urea groups is 1. The van der Waals surface area contributed by atoms with Crippen molar-refractivity contribution in [1.82, 2.24) is 20.4 Å². The molecule has 2 heterocycles. The van der Waals surface area contributed by atoms with Crippen LogP contribution in [0.5, 0.6) is 0 Å². The second-order valence-corrected chi connectivity index (χ2v) is 5.61. The van der Waals surface area contributed by atoms with Gasteiger partial charge in [0.2, 0.25) is 0 Å². The van der Waals surface area contributed by atoms with E-state index in [0.717, 1.165) is 22.5 Å². The zero-order chi connectivity index (χ0) is 15.5. The van der Waals surface area contributed by atoms with Gasteiger partial charge in [-0.1, -0.05) is 24.1 Å². The van der Waals surface area contributed by atoms with Crippen molar-refractivity contribution in [2.75, 3.05) is 0 Å². The number of carbonyl (C=O) groups excluding carboxylic acids is 1. The van der Waals surface area contributed by atoms with Crippen molar-refractivity contribution >= 4 is 6.03 Å². The van der Waals surface area contributed by atoms with Crippen LogP contribution in [0.25, 0.3) is 0 Å². The number of rotatable bonds is 1. The van der Waals surface area contributed by atoms with Crippen molar-refractivity contribution in [2.45, 2.75) is 33.0 Å². The van der Waals surface area contributed by atoms with E-state index in [1.807, 2.05) is 44.2 Å². The van der Waals surface area contributed by atoms with Gasteiger partial charge in [0.25, 0.3) is 0 Å². The summed E-state index contributed by atoms with van der Waals surface area (Å²) >= 11 is 0. The normalized spacial score (nSPS) is 12.8. The molecule has 1 aromatic heterocycles. The number of nitrogens with zero attached hydrogens (tertiary/aromatic N) is 2.